The number of aromatic nitrogens is 2. The fourth-order valence-electron chi connectivity index (χ4n) is 2.82. The van der Waals surface area contributed by atoms with E-state index in [4.69, 9.17) is 5.73 Å². The highest BCUT2D eigenvalue weighted by Crippen LogP contribution is 2.27. The maximum atomic E-state index is 13.9. The van der Waals surface area contributed by atoms with E-state index in [9.17, 15) is 13.6 Å². The first-order chi connectivity index (χ1) is 11.8. The van der Waals surface area contributed by atoms with Crippen LogP contribution in [0.2, 0.25) is 0 Å². The Hall–Kier alpha value is -2.96. The van der Waals surface area contributed by atoms with Crippen molar-refractivity contribution < 1.29 is 13.6 Å². The summed E-state index contributed by atoms with van der Waals surface area (Å²) < 4.78 is 29.1. The van der Waals surface area contributed by atoms with E-state index in [1.54, 1.807) is 18.2 Å². The zero-order valence-electron chi connectivity index (χ0n) is 14.1. The SMILES string of the molecule is CC(C)n1c(N)nc2ccc(N(C)C(=O)c3cccc(F)c3F)cc21. The van der Waals surface area contributed by atoms with Crippen molar-refractivity contribution in [1.82, 2.24) is 9.55 Å². The molecule has 0 atom stereocenters. The number of hydrogen-bond donors (Lipinski definition) is 1. The van der Waals surface area contributed by atoms with Gasteiger partial charge in [-0.25, -0.2) is 13.8 Å². The van der Waals surface area contributed by atoms with Gasteiger partial charge in [-0.3, -0.25) is 4.79 Å². The molecule has 0 aliphatic carbocycles. The second kappa shape index (κ2) is 6.16. The van der Waals surface area contributed by atoms with Gasteiger partial charge >= 0.3 is 0 Å². The molecule has 0 radical (unpaired) electrons. The van der Waals surface area contributed by atoms with Crippen molar-refractivity contribution in [2.75, 3.05) is 17.7 Å². The summed E-state index contributed by atoms with van der Waals surface area (Å²) in [5, 5.41) is 0. The summed E-state index contributed by atoms with van der Waals surface area (Å²) in [6.07, 6.45) is 0. The molecule has 1 aromatic heterocycles. The fourth-order valence-corrected chi connectivity index (χ4v) is 2.82. The highest BCUT2D eigenvalue weighted by atomic mass is 19.2. The van der Waals surface area contributed by atoms with Gasteiger partial charge in [-0.15, -0.1) is 0 Å². The first-order valence-electron chi connectivity index (χ1n) is 7.80. The van der Waals surface area contributed by atoms with Crippen LogP contribution in [0.3, 0.4) is 0 Å². The lowest BCUT2D eigenvalue weighted by molar-refractivity contribution is 0.0988. The summed E-state index contributed by atoms with van der Waals surface area (Å²) in [4.78, 5) is 18.1. The van der Waals surface area contributed by atoms with Gasteiger partial charge in [-0.05, 0) is 44.2 Å². The van der Waals surface area contributed by atoms with Gasteiger partial charge in [-0.2, -0.15) is 0 Å². The van der Waals surface area contributed by atoms with Crippen LogP contribution in [0, 0.1) is 11.6 Å². The van der Waals surface area contributed by atoms with Crippen LogP contribution in [-0.4, -0.2) is 22.5 Å². The topological polar surface area (TPSA) is 64.2 Å². The van der Waals surface area contributed by atoms with Crippen molar-refractivity contribution in [3.8, 4) is 0 Å². The van der Waals surface area contributed by atoms with Gasteiger partial charge in [0.1, 0.15) is 0 Å². The Kier molecular flexibility index (Phi) is 4.16. The molecule has 0 aliphatic rings. The first kappa shape index (κ1) is 16.9. The molecule has 3 rings (SSSR count). The molecular weight excluding hydrogens is 326 g/mol. The number of amides is 1. The number of benzene rings is 2. The molecule has 7 heteroatoms. The normalized spacial score (nSPS) is 11.3. The Balaban J connectivity index is 2.05. The lowest BCUT2D eigenvalue weighted by atomic mass is 10.1. The third kappa shape index (κ3) is 2.82. The highest BCUT2D eigenvalue weighted by Gasteiger charge is 2.21. The third-order valence-corrected chi connectivity index (χ3v) is 4.09. The first-order valence-corrected chi connectivity index (χ1v) is 7.80. The van der Waals surface area contributed by atoms with Crippen LogP contribution in [0.1, 0.15) is 30.2 Å². The Morgan fingerprint density at radius 1 is 1.24 bits per heavy atom. The van der Waals surface area contributed by atoms with Crippen LogP contribution in [0.25, 0.3) is 11.0 Å². The number of anilines is 2. The molecule has 2 N–H and O–H groups in total. The van der Waals surface area contributed by atoms with Crippen molar-refractivity contribution in [1.29, 1.82) is 0 Å². The molecule has 0 bridgehead atoms. The predicted molar refractivity (Wildman–Crippen MR) is 93.6 cm³/mol. The summed E-state index contributed by atoms with van der Waals surface area (Å²) in [6, 6.07) is 8.81. The van der Waals surface area contributed by atoms with Gasteiger partial charge in [0.05, 0.1) is 16.6 Å². The van der Waals surface area contributed by atoms with Crippen LogP contribution >= 0.6 is 0 Å². The summed E-state index contributed by atoms with van der Waals surface area (Å²) in [6.45, 7) is 3.95. The monoisotopic (exact) mass is 344 g/mol. The van der Waals surface area contributed by atoms with Crippen molar-refractivity contribution >= 4 is 28.6 Å². The number of hydrogen-bond acceptors (Lipinski definition) is 3. The maximum Gasteiger partial charge on any atom is 0.261 e. The lowest BCUT2D eigenvalue weighted by Crippen LogP contribution is -2.27. The van der Waals surface area contributed by atoms with E-state index >= 15 is 0 Å². The smallest absolute Gasteiger partial charge is 0.261 e. The highest BCUT2D eigenvalue weighted by molar-refractivity contribution is 6.06. The Morgan fingerprint density at radius 2 is 1.96 bits per heavy atom. The number of nitrogens with zero attached hydrogens (tertiary/aromatic N) is 3. The van der Waals surface area contributed by atoms with Crippen molar-refractivity contribution in [2.45, 2.75) is 19.9 Å². The zero-order valence-corrected chi connectivity index (χ0v) is 14.1. The second-order valence-corrected chi connectivity index (χ2v) is 6.07. The molecule has 0 saturated carbocycles. The maximum absolute atomic E-state index is 13.9. The molecule has 0 aliphatic heterocycles. The molecule has 0 spiro atoms. The van der Waals surface area contributed by atoms with Crippen molar-refractivity contribution in [3.05, 3.63) is 53.6 Å². The number of rotatable bonds is 3. The van der Waals surface area contributed by atoms with Crippen LogP contribution in [-0.2, 0) is 0 Å². The van der Waals surface area contributed by atoms with E-state index in [0.717, 1.165) is 11.6 Å². The number of carbonyl (C=O) groups excluding carboxylic acids is 1. The molecule has 5 nitrogen and oxygen atoms in total. The third-order valence-electron chi connectivity index (χ3n) is 4.09. The van der Waals surface area contributed by atoms with Gasteiger partial charge < -0.3 is 15.2 Å². The summed E-state index contributed by atoms with van der Waals surface area (Å²) in [5.74, 6) is -2.47. The van der Waals surface area contributed by atoms with Crippen LogP contribution < -0.4 is 10.6 Å². The molecule has 1 amide bonds. The molecule has 0 unspecified atom stereocenters. The molecule has 1 heterocycles. The number of carbonyl (C=O) groups is 1. The van der Waals surface area contributed by atoms with Gasteiger partial charge in [0.2, 0.25) is 5.95 Å². The second-order valence-electron chi connectivity index (χ2n) is 6.07. The molecule has 130 valence electrons. The summed E-state index contributed by atoms with van der Waals surface area (Å²) >= 11 is 0. The van der Waals surface area contributed by atoms with Crippen molar-refractivity contribution in [3.63, 3.8) is 0 Å². The van der Waals surface area contributed by atoms with Gasteiger partial charge in [-0.1, -0.05) is 6.07 Å². The summed E-state index contributed by atoms with van der Waals surface area (Å²) in [7, 11) is 1.51. The fraction of sp³-hybridized carbons (Fsp3) is 0.222. The average molecular weight is 344 g/mol. The van der Waals surface area contributed by atoms with E-state index < -0.39 is 17.5 Å². The molecule has 2 aromatic carbocycles. The minimum Gasteiger partial charge on any atom is -0.369 e. The van der Waals surface area contributed by atoms with Crippen LogP contribution in [0.4, 0.5) is 20.4 Å². The van der Waals surface area contributed by atoms with E-state index in [2.05, 4.69) is 4.98 Å². The molecule has 0 saturated heterocycles. The Morgan fingerprint density at radius 3 is 2.64 bits per heavy atom. The minimum atomic E-state index is -1.16. The van der Waals surface area contributed by atoms with E-state index in [0.29, 0.717) is 17.2 Å². The van der Waals surface area contributed by atoms with E-state index in [1.807, 2.05) is 18.4 Å². The quantitative estimate of drug-likeness (QED) is 0.787. The number of nitrogen functional groups attached to an aromatic ring is 1. The summed E-state index contributed by atoms with van der Waals surface area (Å²) in [5.41, 5.74) is 7.63. The Bertz CT molecular complexity index is 965. The number of halogens is 2. The van der Waals surface area contributed by atoms with Gasteiger partial charge in [0.15, 0.2) is 11.6 Å². The van der Waals surface area contributed by atoms with Gasteiger partial charge in [0, 0.05) is 18.8 Å². The number of imidazole rings is 1. The lowest BCUT2D eigenvalue weighted by Gasteiger charge is -2.19. The van der Waals surface area contributed by atoms with Crippen molar-refractivity contribution in [2.24, 2.45) is 0 Å². The molecular formula is C18H18F2N4O. The average Bonchev–Trinajstić information content (AvgIpc) is 2.91. The standard InChI is InChI=1S/C18H18F2N4O/c1-10(2)24-15-9-11(7-8-14(15)22-18(24)21)23(3)17(25)12-5-4-6-13(19)16(12)20/h4-10H,1-3H3,(H2,21,22). The number of nitrogens with two attached hydrogens (primary N) is 1. The molecule has 0 fully saturated rings. The van der Waals surface area contributed by atoms with E-state index in [-0.39, 0.29) is 11.6 Å². The molecule has 25 heavy (non-hydrogen) atoms. The Labute approximate surface area is 143 Å². The van der Waals surface area contributed by atoms with E-state index in [1.165, 1.54) is 24.1 Å². The predicted octanol–water partition coefficient (Wildman–Crippen LogP) is 3.75. The van der Waals surface area contributed by atoms with Crippen LogP contribution in [0.5, 0.6) is 0 Å². The molecule has 3 aromatic rings. The number of fused-ring (bicyclic) bond motifs is 1. The largest absolute Gasteiger partial charge is 0.369 e. The minimum absolute atomic E-state index is 0.0851. The van der Waals surface area contributed by atoms with Crippen LogP contribution in [0.15, 0.2) is 36.4 Å². The van der Waals surface area contributed by atoms with Gasteiger partial charge in [0.25, 0.3) is 5.91 Å². The zero-order chi connectivity index (χ0) is 18.3.